The lowest BCUT2D eigenvalue weighted by molar-refractivity contribution is 0.00937. The molecule has 7 nitrogen and oxygen atoms in total. The third kappa shape index (κ3) is 2.52. The average Bonchev–Trinajstić information content (AvgIpc) is 2.98. The molecule has 2 aliphatic rings. The highest BCUT2D eigenvalue weighted by Crippen LogP contribution is 2.44. The maximum Gasteiger partial charge on any atom is 0.507 e. The largest absolute Gasteiger partial charge is 0.507 e. The van der Waals surface area contributed by atoms with Gasteiger partial charge >= 0.3 is 6.16 Å². The maximum absolute atomic E-state index is 12.9. The summed E-state index contributed by atoms with van der Waals surface area (Å²) in [5.41, 5.74) is 6.06. The predicted octanol–water partition coefficient (Wildman–Crippen LogP) is 1.85. The van der Waals surface area contributed by atoms with Crippen molar-refractivity contribution in [3.8, 4) is 0 Å². The number of nitrogen functional groups attached to an aromatic ring is 1. The fraction of sp³-hybridized carbons (Fsp3) is 0.500. The second kappa shape index (κ2) is 5.44. The number of ether oxygens (including phenoxy) is 1. The number of carbonyl (C=O) groups is 1. The molecule has 22 heavy (non-hydrogen) atoms. The normalized spacial score (nSPS) is 28.5. The maximum atomic E-state index is 12.9. The quantitative estimate of drug-likeness (QED) is 0.648. The summed E-state index contributed by atoms with van der Waals surface area (Å²) in [4.78, 5) is 11.0. The van der Waals surface area contributed by atoms with Crippen molar-refractivity contribution in [3.63, 3.8) is 0 Å². The lowest BCUT2D eigenvalue weighted by atomic mass is 10.0. The van der Waals surface area contributed by atoms with Crippen LogP contribution in [-0.2, 0) is 14.8 Å². The van der Waals surface area contributed by atoms with Crippen LogP contribution in [0.2, 0.25) is 0 Å². The molecular formula is C14H18N2O5S. The number of carboxylic acid groups (broad SMARTS) is 1. The SMILES string of the molecule is Nc1ccc(S(=O)(=O)N2C(OC(=O)O)CC3CCCC32)cc1. The minimum Gasteiger partial charge on any atom is -0.450 e. The van der Waals surface area contributed by atoms with Crippen LogP contribution in [0.5, 0.6) is 0 Å². The Kier molecular flexibility index (Phi) is 3.73. The number of benzene rings is 1. The van der Waals surface area contributed by atoms with Crippen LogP contribution in [0, 0.1) is 5.92 Å². The molecule has 2 fully saturated rings. The number of fused-ring (bicyclic) bond motifs is 1. The monoisotopic (exact) mass is 326 g/mol. The third-order valence-corrected chi connectivity index (χ3v) is 6.36. The second-order valence-electron chi connectivity index (χ2n) is 5.74. The molecule has 0 bridgehead atoms. The highest BCUT2D eigenvalue weighted by molar-refractivity contribution is 7.89. The van der Waals surface area contributed by atoms with E-state index in [-0.39, 0.29) is 16.9 Å². The summed E-state index contributed by atoms with van der Waals surface area (Å²) in [6.45, 7) is 0. The van der Waals surface area contributed by atoms with E-state index in [1.807, 2.05) is 0 Å². The average molecular weight is 326 g/mol. The van der Waals surface area contributed by atoms with Gasteiger partial charge in [-0.25, -0.2) is 13.2 Å². The second-order valence-corrected chi connectivity index (χ2v) is 7.58. The molecule has 1 saturated heterocycles. The number of rotatable bonds is 3. The molecule has 1 aromatic rings. The molecule has 0 radical (unpaired) electrons. The van der Waals surface area contributed by atoms with Gasteiger partial charge in [-0.2, -0.15) is 4.31 Å². The van der Waals surface area contributed by atoms with Crippen molar-refractivity contribution in [2.75, 3.05) is 5.73 Å². The Labute approximate surface area is 128 Å². The van der Waals surface area contributed by atoms with E-state index in [0.717, 1.165) is 19.3 Å². The molecule has 0 spiro atoms. The van der Waals surface area contributed by atoms with Crippen LogP contribution in [0.4, 0.5) is 10.5 Å². The summed E-state index contributed by atoms with van der Waals surface area (Å²) in [5.74, 6) is 0.160. The van der Waals surface area contributed by atoms with Gasteiger partial charge in [0.2, 0.25) is 10.0 Å². The van der Waals surface area contributed by atoms with Gasteiger partial charge in [-0.15, -0.1) is 0 Å². The lowest BCUT2D eigenvalue weighted by Gasteiger charge is -2.27. The van der Waals surface area contributed by atoms with Gasteiger partial charge in [0.05, 0.1) is 4.90 Å². The van der Waals surface area contributed by atoms with Crippen LogP contribution in [0.15, 0.2) is 29.2 Å². The number of nitrogens with zero attached hydrogens (tertiary/aromatic N) is 1. The Balaban J connectivity index is 1.97. The van der Waals surface area contributed by atoms with Gasteiger partial charge < -0.3 is 15.6 Å². The standard InChI is InChI=1S/C14H18N2O5S/c15-10-4-6-11(7-5-10)22(19,20)16-12-3-1-2-9(12)8-13(16)21-14(17)18/h4-7,9,12-13H,1-3,8,15H2,(H,17,18). The summed E-state index contributed by atoms with van der Waals surface area (Å²) < 4.78 is 31.9. The van der Waals surface area contributed by atoms with E-state index in [1.54, 1.807) is 0 Å². The number of sulfonamides is 1. The topological polar surface area (TPSA) is 110 Å². The Bertz CT molecular complexity index is 673. The number of anilines is 1. The number of hydrogen-bond donors (Lipinski definition) is 2. The van der Waals surface area contributed by atoms with E-state index < -0.39 is 22.4 Å². The van der Waals surface area contributed by atoms with Crippen LogP contribution >= 0.6 is 0 Å². The first-order chi connectivity index (χ1) is 10.4. The van der Waals surface area contributed by atoms with Gasteiger partial charge in [-0.05, 0) is 43.0 Å². The summed E-state index contributed by atoms with van der Waals surface area (Å²) in [6.07, 6.45) is 0.599. The van der Waals surface area contributed by atoms with Gasteiger partial charge in [0.1, 0.15) is 0 Å². The van der Waals surface area contributed by atoms with E-state index in [9.17, 15) is 13.2 Å². The lowest BCUT2D eigenvalue weighted by Crippen LogP contribution is -2.43. The minimum absolute atomic E-state index is 0.105. The smallest absolute Gasteiger partial charge is 0.450 e. The summed E-state index contributed by atoms with van der Waals surface area (Å²) >= 11 is 0. The van der Waals surface area contributed by atoms with Crippen molar-refractivity contribution in [2.24, 2.45) is 5.92 Å². The third-order valence-electron chi connectivity index (χ3n) is 4.43. The fourth-order valence-electron chi connectivity index (χ4n) is 3.51. The summed E-state index contributed by atoms with van der Waals surface area (Å²) in [6, 6.07) is 5.71. The van der Waals surface area contributed by atoms with Crippen molar-refractivity contribution in [1.29, 1.82) is 0 Å². The Morgan fingerprint density at radius 2 is 1.95 bits per heavy atom. The van der Waals surface area contributed by atoms with E-state index in [0.29, 0.717) is 12.1 Å². The van der Waals surface area contributed by atoms with Gasteiger partial charge in [-0.3, -0.25) is 0 Å². The molecule has 3 N–H and O–H groups in total. The molecule has 0 aromatic heterocycles. The number of nitrogens with two attached hydrogens (primary N) is 1. The van der Waals surface area contributed by atoms with Gasteiger partial charge in [0, 0.05) is 18.2 Å². The number of hydrogen-bond acceptors (Lipinski definition) is 5. The van der Waals surface area contributed by atoms with Crippen molar-refractivity contribution < 1.29 is 23.1 Å². The molecule has 120 valence electrons. The molecule has 1 aromatic carbocycles. The molecule has 1 saturated carbocycles. The van der Waals surface area contributed by atoms with Crippen molar-refractivity contribution in [1.82, 2.24) is 4.31 Å². The fourth-order valence-corrected chi connectivity index (χ4v) is 5.31. The predicted molar refractivity (Wildman–Crippen MR) is 78.5 cm³/mol. The zero-order valence-electron chi connectivity index (χ0n) is 11.9. The first-order valence-electron chi connectivity index (χ1n) is 7.18. The molecule has 3 unspecified atom stereocenters. The highest BCUT2D eigenvalue weighted by atomic mass is 32.2. The van der Waals surface area contributed by atoms with Crippen molar-refractivity contribution in [3.05, 3.63) is 24.3 Å². The van der Waals surface area contributed by atoms with Crippen LogP contribution in [0.1, 0.15) is 25.7 Å². The zero-order valence-corrected chi connectivity index (χ0v) is 12.7. The summed E-state index contributed by atoms with van der Waals surface area (Å²) in [7, 11) is -3.82. The molecule has 1 heterocycles. The van der Waals surface area contributed by atoms with E-state index in [4.69, 9.17) is 15.6 Å². The molecule has 3 rings (SSSR count). The minimum atomic E-state index is -3.82. The van der Waals surface area contributed by atoms with Gasteiger partial charge in [0.25, 0.3) is 0 Å². The molecule has 0 amide bonds. The summed E-state index contributed by atoms with van der Waals surface area (Å²) in [5, 5.41) is 8.87. The first-order valence-corrected chi connectivity index (χ1v) is 8.62. The Morgan fingerprint density at radius 1 is 1.27 bits per heavy atom. The van der Waals surface area contributed by atoms with E-state index in [1.165, 1.54) is 28.6 Å². The van der Waals surface area contributed by atoms with Gasteiger partial charge in [-0.1, -0.05) is 6.42 Å². The van der Waals surface area contributed by atoms with Crippen LogP contribution in [0.25, 0.3) is 0 Å². The molecular weight excluding hydrogens is 308 g/mol. The Hall–Kier alpha value is -1.80. The molecule has 1 aliphatic carbocycles. The Morgan fingerprint density at radius 3 is 2.59 bits per heavy atom. The van der Waals surface area contributed by atoms with Gasteiger partial charge in [0.15, 0.2) is 6.23 Å². The van der Waals surface area contributed by atoms with E-state index >= 15 is 0 Å². The van der Waals surface area contributed by atoms with Crippen LogP contribution < -0.4 is 5.73 Å². The van der Waals surface area contributed by atoms with Crippen molar-refractivity contribution in [2.45, 2.75) is 42.8 Å². The first kappa shape index (κ1) is 15.1. The van der Waals surface area contributed by atoms with Crippen LogP contribution in [0.3, 0.4) is 0 Å². The molecule has 1 aliphatic heterocycles. The molecule has 8 heteroatoms. The van der Waals surface area contributed by atoms with E-state index in [2.05, 4.69) is 0 Å². The molecule has 3 atom stereocenters. The highest BCUT2D eigenvalue weighted by Gasteiger charge is 2.51. The van der Waals surface area contributed by atoms with Crippen molar-refractivity contribution >= 4 is 21.9 Å². The zero-order chi connectivity index (χ0) is 15.9. The van der Waals surface area contributed by atoms with Crippen LogP contribution in [-0.4, -0.2) is 36.3 Å².